The summed E-state index contributed by atoms with van der Waals surface area (Å²) < 4.78 is 5.23. The van der Waals surface area contributed by atoms with Crippen molar-refractivity contribution < 1.29 is 9.53 Å². The fraction of sp³-hybridized carbons (Fsp3) is 0.562. The molecule has 1 unspecified atom stereocenters. The number of ether oxygens (including phenoxy) is 1. The Morgan fingerprint density at radius 3 is 3.05 bits per heavy atom. The zero-order valence-corrected chi connectivity index (χ0v) is 14.6. The molecule has 0 spiro atoms. The van der Waals surface area contributed by atoms with Crippen LogP contribution in [-0.4, -0.2) is 27.8 Å². The predicted molar refractivity (Wildman–Crippen MR) is 90.6 cm³/mol. The van der Waals surface area contributed by atoms with E-state index in [4.69, 9.17) is 4.74 Å². The van der Waals surface area contributed by atoms with Gasteiger partial charge in [0.1, 0.15) is 21.4 Å². The van der Waals surface area contributed by atoms with Crippen molar-refractivity contribution in [3.05, 3.63) is 16.8 Å². The summed E-state index contributed by atoms with van der Waals surface area (Å²) in [6, 6.07) is 0. The molecule has 1 aliphatic rings. The van der Waals surface area contributed by atoms with Gasteiger partial charge in [0.15, 0.2) is 0 Å². The molecule has 6 heteroatoms. The molecule has 0 aromatic carbocycles. The third kappa shape index (κ3) is 3.13. The minimum atomic E-state index is -0.246. The van der Waals surface area contributed by atoms with Crippen molar-refractivity contribution in [3.63, 3.8) is 0 Å². The molecule has 0 N–H and O–H groups in total. The van der Waals surface area contributed by atoms with Crippen LogP contribution in [0, 0.1) is 0 Å². The maximum absolute atomic E-state index is 12.0. The average molecular weight is 336 g/mol. The van der Waals surface area contributed by atoms with Crippen molar-refractivity contribution in [2.45, 2.75) is 56.2 Å². The van der Waals surface area contributed by atoms with Crippen LogP contribution in [0.1, 0.15) is 43.6 Å². The average Bonchev–Trinajstić information content (AvgIpc) is 2.92. The summed E-state index contributed by atoms with van der Waals surface area (Å²) in [5.41, 5.74) is 1.41. The number of aryl methyl sites for hydroxylation is 2. The molecule has 118 valence electrons. The van der Waals surface area contributed by atoms with E-state index in [2.05, 4.69) is 9.97 Å². The number of carbonyl (C=O) groups is 1. The molecule has 4 nitrogen and oxygen atoms in total. The number of esters is 1. The molecule has 2 aromatic heterocycles. The second-order valence-electron chi connectivity index (χ2n) is 5.50. The normalized spacial score (nSPS) is 15.5. The van der Waals surface area contributed by atoms with Crippen LogP contribution in [0.5, 0.6) is 0 Å². The first kappa shape index (κ1) is 15.7. The highest BCUT2D eigenvalue weighted by Gasteiger charge is 2.23. The van der Waals surface area contributed by atoms with E-state index in [-0.39, 0.29) is 11.2 Å². The summed E-state index contributed by atoms with van der Waals surface area (Å²) in [7, 11) is 0. The van der Waals surface area contributed by atoms with Crippen LogP contribution in [-0.2, 0) is 22.4 Å². The smallest absolute Gasteiger partial charge is 0.319 e. The first-order chi connectivity index (χ1) is 10.7. The van der Waals surface area contributed by atoms with E-state index in [0.717, 1.165) is 29.1 Å². The van der Waals surface area contributed by atoms with E-state index < -0.39 is 0 Å². The molecular formula is C16H20N2O2S2. The van der Waals surface area contributed by atoms with E-state index in [0.29, 0.717) is 6.61 Å². The molecule has 0 amide bonds. The topological polar surface area (TPSA) is 52.1 Å². The first-order valence-corrected chi connectivity index (χ1v) is 9.48. The fourth-order valence-corrected chi connectivity index (χ4v) is 4.92. The van der Waals surface area contributed by atoms with Crippen LogP contribution in [0.4, 0.5) is 0 Å². The van der Waals surface area contributed by atoms with Crippen molar-refractivity contribution in [2.24, 2.45) is 0 Å². The van der Waals surface area contributed by atoms with Gasteiger partial charge in [-0.05, 0) is 44.6 Å². The highest BCUT2D eigenvalue weighted by Crippen LogP contribution is 2.40. The van der Waals surface area contributed by atoms with Gasteiger partial charge in [-0.15, -0.1) is 11.3 Å². The molecule has 0 radical (unpaired) electrons. The van der Waals surface area contributed by atoms with E-state index in [9.17, 15) is 4.79 Å². The van der Waals surface area contributed by atoms with Crippen LogP contribution >= 0.6 is 23.1 Å². The Kier molecular flexibility index (Phi) is 4.98. The predicted octanol–water partition coefficient (Wildman–Crippen LogP) is 4.00. The Bertz CT molecular complexity index is 684. The van der Waals surface area contributed by atoms with Gasteiger partial charge >= 0.3 is 5.97 Å². The van der Waals surface area contributed by atoms with Crippen LogP contribution in [0.3, 0.4) is 0 Å². The Balaban J connectivity index is 1.87. The molecule has 0 aliphatic heterocycles. The lowest BCUT2D eigenvalue weighted by molar-refractivity contribution is -0.142. The van der Waals surface area contributed by atoms with Crippen molar-refractivity contribution >= 4 is 39.3 Å². The van der Waals surface area contributed by atoms with Crippen LogP contribution in [0.15, 0.2) is 11.4 Å². The van der Waals surface area contributed by atoms with Crippen molar-refractivity contribution in [1.29, 1.82) is 0 Å². The molecule has 0 saturated carbocycles. The maximum atomic E-state index is 12.0. The summed E-state index contributed by atoms with van der Waals surface area (Å²) in [5.74, 6) is -0.164. The molecule has 1 atom stereocenters. The number of nitrogens with zero attached hydrogens (tertiary/aromatic N) is 2. The lowest BCUT2D eigenvalue weighted by Crippen LogP contribution is -2.17. The van der Waals surface area contributed by atoms with E-state index >= 15 is 0 Å². The molecule has 3 rings (SSSR count). The number of hydrogen-bond acceptors (Lipinski definition) is 6. The Morgan fingerprint density at radius 2 is 2.23 bits per heavy atom. The van der Waals surface area contributed by atoms with Gasteiger partial charge in [0, 0.05) is 10.3 Å². The summed E-state index contributed by atoms with van der Waals surface area (Å²) in [4.78, 5) is 23.4. The number of thioether (sulfide) groups is 1. The van der Waals surface area contributed by atoms with Gasteiger partial charge in [0.05, 0.1) is 6.61 Å². The minimum absolute atomic E-state index is 0.164. The second-order valence-corrected chi connectivity index (χ2v) is 7.91. The molecule has 22 heavy (non-hydrogen) atoms. The molecule has 2 aromatic rings. The van der Waals surface area contributed by atoms with Crippen molar-refractivity contribution in [3.8, 4) is 0 Å². The van der Waals surface area contributed by atoms with Gasteiger partial charge in [-0.25, -0.2) is 9.97 Å². The summed E-state index contributed by atoms with van der Waals surface area (Å²) in [5, 5.41) is 1.84. The largest absolute Gasteiger partial charge is 0.465 e. The summed E-state index contributed by atoms with van der Waals surface area (Å²) in [6.07, 6.45) is 7.19. The van der Waals surface area contributed by atoms with Crippen LogP contribution in [0.25, 0.3) is 10.2 Å². The number of fused-ring (bicyclic) bond motifs is 3. The van der Waals surface area contributed by atoms with Crippen molar-refractivity contribution in [2.75, 3.05) is 6.61 Å². The minimum Gasteiger partial charge on any atom is -0.465 e. The van der Waals surface area contributed by atoms with Gasteiger partial charge in [-0.3, -0.25) is 4.79 Å². The van der Waals surface area contributed by atoms with E-state index in [1.165, 1.54) is 40.4 Å². The van der Waals surface area contributed by atoms with Gasteiger partial charge in [-0.2, -0.15) is 0 Å². The van der Waals surface area contributed by atoms with Crippen LogP contribution < -0.4 is 0 Å². The lowest BCUT2D eigenvalue weighted by Gasteiger charge is -2.13. The molecule has 0 fully saturated rings. The first-order valence-electron chi connectivity index (χ1n) is 7.79. The highest BCUT2D eigenvalue weighted by molar-refractivity contribution is 8.00. The number of hydrogen-bond donors (Lipinski definition) is 0. The van der Waals surface area contributed by atoms with Gasteiger partial charge in [-0.1, -0.05) is 18.7 Å². The second kappa shape index (κ2) is 6.96. The quantitative estimate of drug-likeness (QED) is 0.469. The number of aromatic nitrogens is 2. The maximum Gasteiger partial charge on any atom is 0.319 e. The highest BCUT2D eigenvalue weighted by atomic mass is 32.2. The monoisotopic (exact) mass is 336 g/mol. The summed E-state index contributed by atoms with van der Waals surface area (Å²) in [6.45, 7) is 4.36. The van der Waals surface area contributed by atoms with Crippen molar-refractivity contribution in [1.82, 2.24) is 9.97 Å². The van der Waals surface area contributed by atoms with Gasteiger partial charge in [0.25, 0.3) is 0 Å². The summed E-state index contributed by atoms with van der Waals surface area (Å²) >= 11 is 3.27. The Hall–Kier alpha value is -1.14. The SMILES string of the molecule is CCCOC(=O)C(C)Sc1ncnc2sc3c(c12)CCCC3. The molecule has 0 bridgehead atoms. The standard InChI is InChI=1S/C16H20N2O2S2/c1-3-8-20-16(19)10(2)21-14-13-11-6-4-5-7-12(11)22-15(13)18-9-17-14/h9-10H,3-8H2,1-2H3. The lowest BCUT2D eigenvalue weighted by atomic mass is 9.97. The van der Waals surface area contributed by atoms with E-state index in [1.54, 1.807) is 17.7 Å². The van der Waals surface area contributed by atoms with Gasteiger partial charge < -0.3 is 4.74 Å². The number of rotatable bonds is 5. The third-order valence-electron chi connectivity index (χ3n) is 3.79. The zero-order chi connectivity index (χ0) is 15.5. The number of thiophene rings is 1. The van der Waals surface area contributed by atoms with Crippen LogP contribution in [0.2, 0.25) is 0 Å². The number of carbonyl (C=O) groups excluding carboxylic acids is 1. The Labute approximate surface area is 138 Å². The van der Waals surface area contributed by atoms with Gasteiger partial charge in [0.2, 0.25) is 0 Å². The zero-order valence-electron chi connectivity index (χ0n) is 12.9. The molecule has 0 saturated heterocycles. The molecular weight excluding hydrogens is 316 g/mol. The molecule has 2 heterocycles. The Morgan fingerprint density at radius 1 is 1.41 bits per heavy atom. The van der Waals surface area contributed by atoms with E-state index in [1.807, 2.05) is 13.8 Å². The third-order valence-corrected chi connectivity index (χ3v) is 6.06. The fourth-order valence-electron chi connectivity index (χ4n) is 2.69. The molecule has 1 aliphatic carbocycles.